The molecule has 134 valence electrons. The maximum atomic E-state index is 13.6. The summed E-state index contributed by atoms with van der Waals surface area (Å²) >= 11 is 0. The summed E-state index contributed by atoms with van der Waals surface area (Å²) in [6.45, 7) is 4.16. The molecule has 25 heavy (non-hydrogen) atoms. The molecule has 1 heterocycles. The lowest BCUT2D eigenvalue weighted by Crippen LogP contribution is -2.36. The van der Waals surface area contributed by atoms with E-state index in [4.69, 9.17) is 0 Å². The van der Waals surface area contributed by atoms with Crippen molar-refractivity contribution in [1.82, 2.24) is 14.7 Å². The van der Waals surface area contributed by atoms with E-state index < -0.39 is 17.4 Å². The topological polar surface area (TPSA) is 55.2 Å². The van der Waals surface area contributed by atoms with Gasteiger partial charge in [-0.25, -0.2) is 8.78 Å². The molecule has 2 rings (SSSR count). The molecule has 1 amide bonds. The number of benzene rings is 1. The van der Waals surface area contributed by atoms with Crippen LogP contribution in [0.2, 0.25) is 0 Å². The van der Waals surface area contributed by atoms with Crippen molar-refractivity contribution in [1.29, 1.82) is 0 Å². The van der Waals surface area contributed by atoms with Gasteiger partial charge >= 0.3 is 0 Å². The van der Waals surface area contributed by atoms with Gasteiger partial charge in [-0.3, -0.25) is 14.3 Å². The Morgan fingerprint density at radius 3 is 2.52 bits per heavy atom. The van der Waals surface area contributed by atoms with Gasteiger partial charge in [-0.15, -0.1) is 0 Å². The zero-order chi connectivity index (χ0) is 18.6. The number of carbonyl (C=O) groups is 2. The fourth-order valence-corrected chi connectivity index (χ4v) is 2.52. The number of hydrogen-bond donors (Lipinski definition) is 0. The van der Waals surface area contributed by atoms with Crippen LogP contribution >= 0.6 is 0 Å². The standard InChI is InChI=1S/C18H21F2N3O2/c1-12(2)23(11-13-9-21-22(3)10-13)18(25)7-6-17(24)15-5-4-14(19)8-16(15)20/h4-5,8-10,12H,6-7,11H2,1-3H3. The summed E-state index contributed by atoms with van der Waals surface area (Å²) < 4.78 is 28.2. The van der Waals surface area contributed by atoms with E-state index in [1.54, 1.807) is 22.8 Å². The van der Waals surface area contributed by atoms with Crippen LogP contribution in [0.5, 0.6) is 0 Å². The van der Waals surface area contributed by atoms with E-state index in [2.05, 4.69) is 5.10 Å². The second-order valence-corrected chi connectivity index (χ2v) is 6.18. The minimum absolute atomic E-state index is 0.0336. The highest BCUT2D eigenvalue weighted by Crippen LogP contribution is 2.15. The Labute approximate surface area is 145 Å². The van der Waals surface area contributed by atoms with Crippen molar-refractivity contribution < 1.29 is 18.4 Å². The minimum Gasteiger partial charge on any atom is -0.336 e. The number of ketones is 1. The Hall–Kier alpha value is -2.57. The molecule has 0 fully saturated rings. The predicted molar refractivity (Wildman–Crippen MR) is 88.8 cm³/mol. The number of aryl methyl sites for hydroxylation is 1. The molecule has 0 bridgehead atoms. The molecule has 1 aromatic heterocycles. The monoisotopic (exact) mass is 349 g/mol. The van der Waals surface area contributed by atoms with Gasteiger partial charge in [-0.1, -0.05) is 0 Å². The SMILES string of the molecule is CC(C)N(Cc1cnn(C)c1)C(=O)CCC(=O)c1ccc(F)cc1F. The maximum absolute atomic E-state index is 13.6. The van der Waals surface area contributed by atoms with E-state index in [0.717, 1.165) is 17.7 Å². The number of rotatable bonds is 7. The van der Waals surface area contributed by atoms with Gasteiger partial charge in [0.05, 0.1) is 11.8 Å². The quantitative estimate of drug-likeness (QED) is 0.722. The Balaban J connectivity index is 1.99. The summed E-state index contributed by atoms with van der Waals surface area (Å²) in [5.41, 5.74) is 0.693. The highest BCUT2D eigenvalue weighted by atomic mass is 19.1. The van der Waals surface area contributed by atoms with E-state index in [-0.39, 0.29) is 30.4 Å². The van der Waals surface area contributed by atoms with Crippen molar-refractivity contribution in [3.05, 3.63) is 53.4 Å². The summed E-state index contributed by atoms with van der Waals surface area (Å²) in [6, 6.07) is 2.75. The summed E-state index contributed by atoms with van der Waals surface area (Å²) in [7, 11) is 1.79. The molecule has 0 aliphatic heterocycles. The summed E-state index contributed by atoms with van der Waals surface area (Å²) in [4.78, 5) is 26.2. The second-order valence-electron chi connectivity index (χ2n) is 6.18. The van der Waals surface area contributed by atoms with Crippen LogP contribution in [0.1, 0.15) is 42.6 Å². The molecular formula is C18H21F2N3O2. The number of hydrogen-bond acceptors (Lipinski definition) is 3. The van der Waals surface area contributed by atoms with Crippen LogP contribution in [0.25, 0.3) is 0 Å². The highest BCUT2D eigenvalue weighted by Gasteiger charge is 2.20. The van der Waals surface area contributed by atoms with Crippen LogP contribution in [0.4, 0.5) is 8.78 Å². The lowest BCUT2D eigenvalue weighted by molar-refractivity contribution is -0.133. The van der Waals surface area contributed by atoms with E-state index in [9.17, 15) is 18.4 Å². The normalized spacial score (nSPS) is 11.0. The average molecular weight is 349 g/mol. The van der Waals surface area contributed by atoms with Crippen LogP contribution in [-0.4, -0.2) is 32.4 Å². The first kappa shape index (κ1) is 18.8. The third kappa shape index (κ3) is 4.95. The molecule has 0 saturated carbocycles. The molecule has 0 aliphatic rings. The Bertz CT molecular complexity index is 771. The van der Waals surface area contributed by atoms with Crippen molar-refractivity contribution in [2.24, 2.45) is 7.05 Å². The van der Waals surface area contributed by atoms with Crippen LogP contribution in [0.15, 0.2) is 30.6 Å². The third-order valence-corrected chi connectivity index (χ3v) is 3.85. The first-order valence-corrected chi connectivity index (χ1v) is 8.03. The highest BCUT2D eigenvalue weighted by molar-refractivity contribution is 5.98. The molecule has 7 heteroatoms. The van der Waals surface area contributed by atoms with Gasteiger partial charge in [-0.05, 0) is 26.0 Å². The fraction of sp³-hybridized carbons (Fsp3) is 0.389. The molecule has 0 aliphatic carbocycles. The number of aromatic nitrogens is 2. The molecule has 1 aromatic carbocycles. The number of halogens is 2. The minimum atomic E-state index is -0.909. The van der Waals surface area contributed by atoms with Crippen LogP contribution in [0.3, 0.4) is 0 Å². The first-order valence-electron chi connectivity index (χ1n) is 8.03. The zero-order valence-corrected chi connectivity index (χ0v) is 14.5. The van der Waals surface area contributed by atoms with E-state index in [1.807, 2.05) is 20.0 Å². The van der Waals surface area contributed by atoms with Crippen molar-refractivity contribution in [2.75, 3.05) is 0 Å². The van der Waals surface area contributed by atoms with Gasteiger partial charge in [0.1, 0.15) is 11.6 Å². The molecule has 0 saturated heterocycles. The van der Waals surface area contributed by atoms with Crippen LogP contribution in [-0.2, 0) is 18.4 Å². The molecule has 0 radical (unpaired) electrons. The van der Waals surface area contributed by atoms with E-state index in [1.165, 1.54) is 0 Å². The van der Waals surface area contributed by atoms with Gasteiger partial charge in [0, 0.05) is 50.3 Å². The van der Waals surface area contributed by atoms with Crippen molar-refractivity contribution in [3.63, 3.8) is 0 Å². The predicted octanol–water partition coefficient (Wildman–Crippen LogP) is 3.10. The number of amides is 1. The van der Waals surface area contributed by atoms with Gasteiger partial charge < -0.3 is 4.90 Å². The lowest BCUT2D eigenvalue weighted by Gasteiger charge is -2.26. The van der Waals surface area contributed by atoms with Crippen molar-refractivity contribution >= 4 is 11.7 Å². The Morgan fingerprint density at radius 2 is 1.96 bits per heavy atom. The fourth-order valence-electron chi connectivity index (χ4n) is 2.52. The smallest absolute Gasteiger partial charge is 0.223 e. The molecule has 2 aromatic rings. The lowest BCUT2D eigenvalue weighted by atomic mass is 10.0. The first-order chi connectivity index (χ1) is 11.8. The summed E-state index contributed by atoms with van der Waals surface area (Å²) in [6.07, 6.45) is 3.34. The third-order valence-electron chi connectivity index (χ3n) is 3.85. The number of carbonyl (C=O) groups excluding carboxylic acids is 2. The number of nitrogens with zero attached hydrogens (tertiary/aromatic N) is 3. The molecule has 0 N–H and O–H groups in total. The Morgan fingerprint density at radius 1 is 1.24 bits per heavy atom. The van der Waals surface area contributed by atoms with Crippen molar-refractivity contribution in [2.45, 2.75) is 39.3 Å². The molecular weight excluding hydrogens is 328 g/mol. The Kier molecular flexibility index (Phi) is 6.01. The molecule has 0 unspecified atom stereocenters. The van der Waals surface area contributed by atoms with Crippen LogP contribution in [0, 0.1) is 11.6 Å². The summed E-state index contributed by atoms with van der Waals surface area (Å²) in [5.74, 6) is -2.37. The van der Waals surface area contributed by atoms with E-state index in [0.29, 0.717) is 12.6 Å². The average Bonchev–Trinajstić information content (AvgIpc) is 2.95. The maximum Gasteiger partial charge on any atom is 0.223 e. The van der Waals surface area contributed by atoms with Gasteiger partial charge in [-0.2, -0.15) is 5.10 Å². The summed E-state index contributed by atoms with van der Waals surface area (Å²) in [5, 5.41) is 4.07. The van der Waals surface area contributed by atoms with Gasteiger partial charge in [0.2, 0.25) is 5.91 Å². The second kappa shape index (κ2) is 8.00. The molecule has 0 atom stereocenters. The molecule has 5 nitrogen and oxygen atoms in total. The van der Waals surface area contributed by atoms with Gasteiger partial charge in [0.15, 0.2) is 5.78 Å². The van der Waals surface area contributed by atoms with E-state index >= 15 is 0 Å². The van der Waals surface area contributed by atoms with Crippen molar-refractivity contribution in [3.8, 4) is 0 Å². The molecule has 0 spiro atoms. The largest absolute Gasteiger partial charge is 0.336 e. The van der Waals surface area contributed by atoms with Crippen LogP contribution < -0.4 is 0 Å². The number of Topliss-reactive ketones (excluding diaryl/α,β-unsaturated/α-hetero) is 1. The van der Waals surface area contributed by atoms with Gasteiger partial charge in [0.25, 0.3) is 0 Å². The zero-order valence-electron chi connectivity index (χ0n) is 14.5.